The van der Waals surface area contributed by atoms with E-state index >= 15 is 0 Å². The quantitative estimate of drug-likeness (QED) is 0.612. The maximum Gasteiger partial charge on any atom is 0.242 e. The second-order valence-corrected chi connectivity index (χ2v) is 10.4. The first-order chi connectivity index (χ1) is 15.2. The average Bonchev–Trinajstić information content (AvgIpc) is 2.77. The molecule has 2 saturated heterocycles. The van der Waals surface area contributed by atoms with Gasteiger partial charge >= 0.3 is 0 Å². The largest absolute Gasteiger partial charge is 0.339 e. The van der Waals surface area contributed by atoms with Crippen molar-refractivity contribution in [3.8, 4) is 0 Å². The molecule has 0 saturated carbocycles. The summed E-state index contributed by atoms with van der Waals surface area (Å²) in [6, 6.07) is 4.25. The average molecular weight is 466 g/mol. The lowest BCUT2D eigenvalue weighted by atomic mass is 10.1. The lowest BCUT2D eigenvalue weighted by Gasteiger charge is -2.38. The molecule has 0 unspecified atom stereocenters. The van der Waals surface area contributed by atoms with Crippen LogP contribution in [0.3, 0.4) is 0 Å². The van der Waals surface area contributed by atoms with Crippen LogP contribution in [0.4, 0.5) is 5.69 Å². The molecule has 0 spiro atoms. The van der Waals surface area contributed by atoms with E-state index in [1.165, 1.54) is 6.07 Å². The maximum absolute atomic E-state index is 13.2. The van der Waals surface area contributed by atoms with E-state index in [0.29, 0.717) is 43.3 Å². The number of piperazine rings is 1. The van der Waals surface area contributed by atoms with Crippen molar-refractivity contribution in [2.75, 3.05) is 44.2 Å². The predicted octanol–water partition coefficient (Wildman–Crippen LogP) is 0.670. The minimum Gasteiger partial charge on any atom is -0.339 e. The van der Waals surface area contributed by atoms with Crippen LogP contribution in [0.5, 0.6) is 0 Å². The van der Waals surface area contributed by atoms with Crippen LogP contribution in [0.15, 0.2) is 23.1 Å². The van der Waals surface area contributed by atoms with Crippen LogP contribution in [0, 0.1) is 6.92 Å². The van der Waals surface area contributed by atoms with Gasteiger partial charge in [-0.05, 0) is 51.3 Å². The second-order valence-electron chi connectivity index (χ2n) is 8.77. The Morgan fingerprint density at radius 1 is 1.12 bits per heavy atom. The molecule has 3 N–H and O–H groups in total. The summed E-state index contributed by atoms with van der Waals surface area (Å²) in [5.74, 6) is -0.308. The van der Waals surface area contributed by atoms with Crippen molar-refractivity contribution in [3.63, 3.8) is 0 Å². The summed E-state index contributed by atoms with van der Waals surface area (Å²) in [4.78, 5) is 31.0. The highest BCUT2D eigenvalue weighted by atomic mass is 32.2. The molecule has 2 amide bonds. The van der Waals surface area contributed by atoms with Gasteiger partial charge in [-0.25, -0.2) is 8.42 Å². The van der Waals surface area contributed by atoms with Crippen LogP contribution >= 0.6 is 0 Å². The fourth-order valence-corrected chi connectivity index (χ4v) is 5.84. The van der Waals surface area contributed by atoms with E-state index in [-0.39, 0.29) is 23.3 Å². The van der Waals surface area contributed by atoms with E-state index in [9.17, 15) is 18.0 Å². The van der Waals surface area contributed by atoms with E-state index in [4.69, 9.17) is 5.73 Å². The summed E-state index contributed by atoms with van der Waals surface area (Å²) in [7, 11) is -4.01. The first-order valence-electron chi connectivity index (χ1n) is 11.3. The smallest absolute Gasteiger partial charge is 0.242 e. The molecular formula is C22H35N5O4S. The molecule has 1 aromatic rings. The topological polar surface area (TPSA) is 116 Å². The van der Waals surface area contributed by atoms with E-state index in [1.54, 1.807) is 28.9 Å². The minimum atomic E-state index is -4.01. The van der Waals surface area contributed by atoms with Crippen LogP contribution in [0.25, 0.3) is 0 Å². The lowest BCUT2D eigenvalue weighted by Crippen LogP contribution is -2.57. The number of amides is 2. The Morgan fingerprint density at radius 2 is 1.81 bits per heavy atom. The molecule has 0 radical (unpaired) electrons. The molecule has 0 aromatic heterocycles. The van der Waals surface area contributed by atoms with Crippen LogP contribution in [0.2, 0.25) is 0 Å². The van der Waals surface area contributed by atoms with Gasteiger partial charge < -0.3 is 15.5 Å². The van der Waals surface area contributed by atoms with Crippen LogP contribution in [-0.2, 0) is 19.6 Å². The van der Waals surface area contributed by atoms with Gasteiger partial charge in [-0.15, -0.1) is 0 Å². The molecule has 0 bridgehead atoms. The molecule has 178 valence electrons. The normalized spacial score (nSPS) is 19.5. The third-order valence-electron chi connectivity index (χ3n) is 6.35. The van der Waals surface area contributed by atoms with E-state index in [1.807, 2.05) is 0 Å². The van der Waals surface area contributed by atoms with Gasteiger partial charge in [0.1, 0.15) is 6.04 Å². The zero-order chi connectivity index (χ0) is 23.5. The number of carbonyl (C=O) groups is 2. The van der Waals surface area contributed by atoms with Crippen LogP contribution < -0.4 is 15.4 Å². The van der Waals surface area contributed by atoms with Gasteiger partial charge in [0.05, 0.1) is 4.90 Å². The highest BCUT2D eigenvalue weighted by Crippen LogP contribution is 2.29. The number of hydrogen-bond donors (Lipinski definition) is 2. The minimum absolute atomic E-state index is 0.00240. The van der Waals surface area contributed by atoms with Gasteiger partial charge in [-0.2, -0.15) is 4.72 Å². The highest BCUT2D eigenvalue weighted by Gasteiger charge is 2.32. The monoisotopic (exact) mass is 465 g/mol. The molecular weight excluding hydrogens is 430 g/mol. The molecule has 32 heavy (non-hydrogen) atoms. The van der Waals surface area contributed by atoms with Gasteiger partial charge in [-0.1, -0.05) is 6.07 Å². The molecule has 1 aromatic carbocycles. The van der Waals surface area contributed by atoms with Gasteiger partial charge in [0.25, 0.3) is 0 Å². The molecule has 2 fully saturated rings. The Kier molecular flexibility index (Phi) is 7.92. The van der Waals surface area contributed by atoms with Crippen molar-refractivity contribution in [1.82, 2.24) is 14.5 Å². The summed E-state index contributed by atoms with van der Waals surface area (Å²) in [5, 5.41) is 0. The van der Waals surface area contributed by atoms with Crippen LogP contribution in [0.1, 0.15) is 38.7 Å². The zero-order valence-corrected chi connectivity index (χ0v) is 20.0. The molecule has 2 aliphatic heterocycles. The third-order valence-corrected chi connectivity index (χ3v) is 7.96. The van der Waals surface area contributed by atoms with E-state index in [0.717, 1.165) is 25.9 Å². The maximum atomic E-state index is 13.2. The fraction of sp³-hybridized carbons (Fsp3) is 0.636. The number of piperidine rings is 1. The van der Waals surface area contributed by atoms with Crippen molar-refractivity contribution in [1.29, 1.82) is 0 Å². The second kappa shape index (κ2) is 10.3. The predicted molar refractivity (Wildman–Crippen MR) is 124 cm³/mol. The third kappa shape index (κ3) is 5.31. The Bertz CT molecular complexity index is 942. The highest BCUT2D eigenvalue weighted by molar-refractivity contribution is 7.89. The van der Waals surface area contributed by atoms with E-state index < -0.39 is 16.1 Å². The Labute approximate surface area is 191 Å². The van der Waals surface area contributed by atoms with Gasteiger partial charge in [0.2, 0.25) is 21.8 Å². The molecule has 0 aliphatic carbocycles. The summed E-state index contributed by atoms with van der Waals surface area (Å²) < 4.78 is 28.9. The van der Waals surface area contributed by atoms with Crippen molar-refractivity contribution in [2.24, 2.45) is 5.73 Å². The molecule has 3 rings (SSSR count). The van der Waals surface area contributed by atoms with Gasteiger partial charge in [0.15, 0.2) is 0 Å². The summed E-state index contributed by atoms with van der Waals surface area (Å²) in [6.45, 7) is 8.94. The zero-order valence-electron chi connectivity index (χ0n) is 19.2. The number of benzene rings is 1. The molecule has 1 atom stereocenters. The number of nitrogens with two attached hydrogens (primary N) is 1. The van der Waals surface area contributed by atoms with E-state index in [2.05, 4.69) is 23.5 Å². The van der Waals surface area contributed by atoms with Gasteiger partial charge in [-0.3, -0.25) is 14.5 Å². The lowest BCUT2D eigenvalue weighted by molar-refractivity contribution is -0.134. The number of nitrogens with zero attached hydrogens (tertiary/aromatic N) is 3. The number of nitrogens with one attached hydrogen (secondary N) is 1. The number of carbonyl (C=O) groups excluding carboxylic acids is 2. The first-order valence-corrected chi connectivity index (χ1v) is 12.8. The number of sulfonamides is 1. The van der Waals surface area contributed by atoms with Gasteiger partial charge in [0, 0.05) is 57.4 Å². The Hall–Kier alpha value is -2.01. The van der Waals surface area contributed by atoms with Crippen LogP contribution in [-0.4, -0.2) is 81.4 Å². The van der Waals surface area contributed by atoms with Crippen molar-refractivity contribution in [2.45, 2.75) is 57.0 Å². The molecule has 2 heterocycles. The number of hydrogen-bond acceptors (Lipinski definition) is 6. The SMILES string of the molecule is Cc1c(N2CCCCC2=O)cccc1S(=O)(=O)N[C@@H](CN)C(=O)N1CCN(C(C)C)CC1. The Morgan fingerprint density at radius 3 is 2.41 bits per heavy atom. The standard InChI is InChI=1S/C22H35N5O4S/c1-16(2)25-11-13-26(14-12-25)22(29)18(15-23)24-32(30,31)20-8-6-7-19(17(20)3)27-10-5-4-9-21(27)28/h6-8,16,18,24H,4-5,9-15,23H2,1-3H3/t18-/m0/s1. The first kappa shape index (κ1) is 24.6. The number of anilines is 1. The fourth-order valence-electron chi connectivity index (χ4n) is 4.38. The summed E-state index contributed by atoms with van der Waals surface area (Å²) >= 11 is 0. The number of rotatable bonds is 7. The summed E-state index contributed by atoms with van der Waals surface area (Å²) in [5.41, 5.74) is 6.89. The molecule has 9 nitrogen and oxygen atoms in total. The Balaban J connectivity index is 1.76. The summed E-state index contributed by atoms with van der Waals surface area (Å²) in [6.07, 6.45) is 2.19. The van der Waals surface area contributed by atoms with Crippen molar-refractivity contribution >= 4 is 27.5 Å². The molecule has 10 heteroatoms. The van der Waals surface area contributed by atoms with Crippen molar-refractivity contribution < 1.29 is 18.0 Å². The van der Waals surface area contributed by atoms with Crippen molar-refractivity contribution in [3.05, 3.63) is 23.8 Å². The molecule has 2 aliphatic rings.